The largest absolute Gasteiger partial charge is 0.413 e. The second-order valence-electron chi connectivity index (χ2n) is 7.20. The zero-order valence-corrected chi connectivity index (χ0v) is 14.8. The Bertz CT molecular complexity index is 277. The van der Waals surface area contributed by atoms with E-state index < -0.39 is 8.32 Å². The Morgan fingerprint density at radius 2 is 1.61 bits per heavy atom. The van der Waals surface area contributed by atoms with Crippen LogP contribution in [0.1, 0.15) is 54.9 Å². The van der Waals surface area contributed by atoms with E-state index in [2.05, 4.69) is 47.7 Å². The summed E-state index contributed by atoms with van der Waals surface area (Å²) in [4.78, 5) is 11.9. The molecule has 0 aliphatic heterocycles. The molecule has 0 spiro atoms. The predicted molar refractivity (Wildman–Crippen MR) is 81.4 cm³/mol. The minimum Gasteiger partial charge on any atom is -0.413 e. The molecule has 0 unspecified atom stereocenters. The van der Waals surface area contributed by atoms with Gasteiger partial charge in [0, 0.05) is 12.3 Å². The molecule has 0 aliphatic carbocycles. The van der Waals surface area contributed by atoms with Crippen molar-refractivity contribution < 1.29 is 9.22 Å². The molecule has 0 fully saturated rings. The molecule has 0 rings (SSSR count). The van der Waals surface area contributed by atoms with Crippen molar-refractivity contribution in [1.82, 2.24) is 0 Å². The van der Waals surface area contributed by atoms with E-state index in [0.29, 0.717) is 18.1 Å². The van der Waals surface area contributed by atoms with Crippen LogP contribution in [0.4, 0.5) is 0 Å². The fourth-order valence-corrected chi connectivity index (χ4v) is 3.35. The molecule has 0 N–H and O–H groups in total. The summed E-state index contributed by atoms with van der Waals surface area (Å²) in [5.74, 6) is 0.696. The van der Waals surface area contributed by atoms with E-state index >= 15 is 0 Å². The van der Waals surface area contributed by atoms with Gasteiger partial charge in [0.1, 0.15) is 5.78 Å². The van der Waals surface area contributed by atoms with Gasteiger partial charge in [-0.05, 0) is 24.1 Å². The summed E-state index contributed by atoms with van der Waals surface area (Å²) in [6, 6.07) is 0. The van der Waals surface area contributed by atoms with Gasteiger partial charge in [0.2, 0.25) is 0 Å². The Hall–Kier alpha value is -0.153. The molecule has 0 amide bonds. The molecule has 0 saturated heterocycles. The van der Waals surface area contributed by atoms with Gasteiger partial charge in [0.15, 0.2) is 8.32 Å². The number of ketones is 1. The zero-order valence-electron chi connectivity index (χ0n) is 13.8. The van der Waals surface area contributed by atoms with Gasteiger partial charge in [-0.3, -0.25) is 4.79 Å². The highest BCUT2D eigenvalue weighted by atomic mass is 28.4. The van der Waals surface area contributed by atoms with Gasteiger partial charge in [0.05, 0.1) is 6.10 Å². The van der Waals surface area contributed by atoms with E-state index in [1.165, 1.54) is 0 Å². The lowest BCUT2D eigenvalue weighted by Crippen LogP contribution is -2.48. The van der Waals surface area contributed by atoms with Crippen molar-refractivity contribution in [2.24, 2.45) is 11.8 Å². The normalized spacial score (nSPS) is 16.8. The van der Waals surface area contributed by atoms with Crippen LogP contribution in [0.2, 0.25) is 18.1 Å². The number of Topliss-reactive ketones (excluding diaryl/α,β-unsaturated/α-hetero) is 1. The second-order valence-corrected chi connectivity index (χ2v) is 12.0. The number of hydrogen-bond donors (Lipinski definition) is 0. The highest BCUT2D eigenvalue weighted by molar-refractivity contribution is 6.74. The van der Waals surface area contributed by atoms with E-state index in [9.17, 15) is 4.79 Å². The molecule has 0 bridgehead atoms. The third kappa shape index (κ3) is 4.50. The summed E-state index contributed by atoms with van der Waals surface area (Å²) >= 11 is 0. The summed E-state index contributed by atoms with van der Waals surface area (Å²) in [5, 5.41) is 0.190. The van der Waals surface area contributed by atoms with Crippen LogP contribution in [-0.2, 0) is 9.22 Å². The highest BCUT2D eigenvalue weighted by Gasteiger charge is 2.41. The van der Waals surface area contributed by atoms with Gasteiger partial charge in [-0.25, -0.2) is 0 Å². The monoisotopic (exact) mass is 272 g/mol. The molecule has 2 atom stereocenters. The maximum atomic E-state index is 11.9. The highest BCUT2D eigenvalue weighted by Crippen LogP contribution is 2.39. The maximum Gasteiger partial charge on any atom is 0.192 e. The lowest BCUT2D eigenvalue weighted by atomic mass is 9.90. The van der Waals surface area contributed by atoms with Crippen LogP contribution in [0.25, 0.3) is 0 Å². The summed E-state index contributed by atoms with van der Waals surface area (Å²) in [5.41, 5.74) is 0. The quantitative estimate of drug-likeness (QED) is 0.658. The zero-order chi connectivity index (χ0) is 14.7. The van der Waals surface area contributed by atoms with Crippen molar-refractivity contribution in [2.75, 3.05) is 0 Å². The molecule has 0 radical (unpaired) electrons. The van der Waals surface area contributed by atoms with E-state index in [0.717, 1.165) is 0 Å². The molecule has 0 heterocycles. The number of hydrogen-bond acceptors (Lipinski definition) is 2. The Labute approximate surface area is 115 Å². The number of carbonyl (C=O) groups excluding carboxylic acids is 1. The van der Waals surface area contributed by atoms with E-state index in [4.69, 9.17) is 4.43 Å². The molecular weight excluding hydrogens is 240 g/mol. The molecule has 0 aromatic heterocycles. The molecule has 18 heavy (non-hydrogen) atoms. The van der Waals surface area contributed by atoms with Crippen molar-refractivity contribution in [2.45, 2.75) is 79.1 Å². The molecule has 3 heteroatoms. The summed E-state index contributed by atoms with van der Waals surface area (Å²) in [7, 11) is -1.80. The SMILES string of the molecule is CCC(=O)[C@H](C)[C@H](O[Si](C)(C)C(C)(C)C)C(C)C. The van der Waals surface area contributed by atoms with Gasteiger partial charge in [0.25, 0.3) is 0 Å². The predicted octanol–water partition coefficient (Wildman–Crippen LogP) is 4.65. The lowest BCUT2D eigenvalue weighted by molar-refractivity contribution is -0.125. The first-order valence-corrected chi connectivity index (χ1v) is 10.1. The summed E-state index contributed by atoms with van der Waals surface area (Å²) < 4.78 is 6.47. The Kier molecular flexibility index (Phi) is 6.28. The van der Waals surface area contributed by atoms with Crippen LogP contribution in [0.5, 0.6) is 0 Å². The molecule has 108 valence electrons. The number of carbonyl (C=O) groups is 1. The number of rotatable bonds is 6. The first-order chi connectivity index (χ1) is 7.94. The van der Waals surface area contributed by atoms with E-state index in [1.807, 2.05) is 13.8 Å². The van der Waals surface area contributed by atoms with Crippen molar-refractivity contribution in [1.29, 1.82) is 0 Å². The smallest absolute Gasteiger partial charge is 0.192 e. The van der Waals surface area contributed by atoms with Gasteiger partial charge >= 0.3 is 0 Å². The lowest BCUT2D eigenvalue weighted by Gasteiger charge is -2.42. The van der Waals surface area contributed by atoms with Crippen LogP contribution in [-0.4, -0.2) is 20.2 Å². The van der Waals surface area contributed by atoms with Crippen LogP contribution in [0.3, 0.4) is 0 Å². The van der Waals surface area contributed by atoms with Crippen molar-refractivity contribution in [3.05, 3.63) is 0 Å². The maximum absolute atomic E-state index is 11.9. The average molecular weight is 273 g/mol. The van der Waals surface area contributed by atoms with Crippen molar-refractivity contribution in [3.8, 4) is 0 Å². The molecule has 0 saturated carbocycles. The Morgan fingerprint density at radius 1 is 1.17 bits per heavy atom. The van der Waals surface area contributed by atoms with Crippen molar-refractivity contribution >= 4 is 14.1 Å². The second kappa shape index (κ2) is 6.33. The third-order valence-corrected chi connectivity index (χ3v) is 8.72. The Balaban J connectivity index is 5.01. The summed E-state index contributed by atoms with van der Waals surface area (Å²) in [6.07, 6.45) is 0.656. The van der Waals surface area contributed by atoms with Crippen molar-refractivity contribution in [3.63, 3.8) is 0 Å². The fraction of sp³-hybridized carbons (Fsp3) is 0.933. The minimum absolute atomic E-state index is 0.00382. The molecule has 0 aromatic carbocycles. The average Bonchev–Trinajstić information content (AvgIpc) is 2.21. The van der Waals surface area contributed by atoms with Gasteiger partial charge in [-0.2, -0.15) is 0 Å². The molecule has 0 aliphatic rings. The fourth-order valence-electron chi connectivity index (χ4n) is 1.84. The van der Waals surface area contributed by atoms with Gasteiger partial charge < -0.3 is 4.43 Å². The standard InChI is InChI=1S/C15H32O2Si/c1-10-13(16)12(4)14(11(2)3)17-18(8,9)15(5,6)7/h11-12,14H,10H2,1-9H3/t12-,14+/m0/s1. The molecule has 2 nitrogen and oxygen atoms in total. The minimum atomic E-state index is -1.80. The molecular formula is C15H32O2Si. The van der Waals surface area contributed by atoms with E-state index in [-0.39, 0.29) is 17.1 Å². The summed E-state index contributed by atoms with van der Waals surface area (Å²) in [6.45, 7) is 19.5. The first kappa shape index (κ1) is 17.8. The topological polar surface area (TPSA) is 26.3 Å². The first-order valence-electron chi connectivity index (χ1n) is 7.14. The van der Waals surface area contributed by atoms with Gasteiger partial charge in [-0.1, -0.05) is 48.5 Å². The van der Waals surface area contributed by atoms with Gasteiger partial charge in [-0.15, -0.1) is 0 Å². The molecule has 0 aromatic rings. The van der Waals surface area contributed by atoms with Crippen LogP contribution >= 0.6 is 0 Å². The van der Waals surface area contributed by atoms with Crippen LogP contribution in [0, 0.1) is 11.8 Å². The van der Waals surface area contributed by atoms with Crippen LogP contribution in [0.15, 0.2) is 0 Å². The van der Waals surface area contributed by atoms with Crippen LogP contribution < -0.4 is 0 Å². The van der Waals surface area contributed by atoms with E-state index in [1.54, 1.807) is 0 Å². The Morgan fingerprint density at radius 3 is 1.89 bits per heavy atom. The third-order valence-electron chi connectivity index (χ3n) is 4.24.